The second-order valence-corrected chi connectivity index (χ2v) is 10.1. The van der Waals surface area contributed by atoms with Crippen LogP contribution in [0.5, 0.6) is 0 Å². The van der Waals surface area contributed by atoms with Crippen LogP contribution in [0.15, 0.2) is 53.2 Å². The number of carbonyl (C=O) groups is 1. The Hall–Kier alpha value is -3.08. The molecule has 3 heterocycles. The van der Waals surface area contributed by atoms with Crippen molar-refractivity contribution < 1.29 is 17.6 Å². The van der Waals surface area contributed by atoms with E-state index in [0.29, 0.717) is 61.2 Å². The molecule has 4 rings (SSSR count). The maximum atomic E-state index is 12.8. The lowest BCUT2D eigenvalue weighted by atomic mass is 10.1. The van der Waals surface area contributed by atoms with Gasteiger partial charge in [0.05, 0.1) is 5.69 Å². The molecule has 174 valence electrons. The SMILES string of the molecule is Cc1oc(-c2ccc(C(=O)NCc3cccnc3)cc2)nc1CS(=O)(=O)N1CCN(C)CC1. The maximum Gasteiger partial charge on any atom is 0.251 e. The summed E-state index contributed by atoms with van der Waals surface area (Å²) in [6, 6.07) is 10.6. The zero-order chi connectivity index (χ0) is 23.4. The zero-order valence-electron chi connectivity index (χ0n) is 18.7. The van der Waals surface area contributed by atoms with Crippen molar-refractivity contribution in [2.45, 2.75) is 19.2 Å². The number of oxazole rings is 1. The van der Waals surface area contributed by atoms with Crippen LogP contribution in [0, 0.1) is 6.92 Å². The van der Waals surface area contributed by atoms with Gasteiger partial charge in [0, 0.05) is 56.2 Å². The summed E-state index contributed by atoms with van der Waals surface area (Å²) in [6.45, 7) is 4.48. The van der Waals surface area contributed by atoms with Crippen molar-refractivity contribution in [2.75, 3.05) is 33.2 Å². The number of hydrogen-bond donors (Lipinski definition) is 1. The molecule has 33 heavy (non-hydrogen) atoms. The van der Waals surface area contributed by atoms with Crippen LogP contribution in [0.25, 0.3) is 11.5 Å². The average Bonchev–Trinajstić information content (AvgIpc) is 3.18. The van der Waals surface area contributed by atoms with Crippen LogP contribution in [0.1, 0.15) is 27.4 Å². The number of benzene rings is 1. The molecule has 10 heteroatoms. The summed E-state index contributed by atoms with van der Waals surface area (Å²) in [4.78, 5) is 23.0. The van der Waals surface area contributed by atoms with Gasteiger partial charge in [0.1, 0.15) is 11.5 Å². The lowest BCUT2D eigenvalue weighted by molar-refractivity contribution is 0.0951. The van der Waals surface area contributed by atoms with Crippen LogP contribution in [0.3, 0.4) is 0 Å². The first-order valence-corrected chi connectivity index (χ1v) is 12.3. The van der Waals surface area contributed by atoms with Gasteiger partial charge < -0.3 is 14.6 Å². The normalized spacial score (nSPS) is 15.5. The monoisotopic (exact) mass is 469 g/mol. The lowest BCUT2D eigenvalue weighted by Crippen LogP contribution is -2.47. The number of nitrogens with zero attached hydrogens (tertiary/aromatic N) is 4. The Morgan fingerprint density at radius 1 is 1.12 bits per heavy atom. The molecule has 0 spiro atoms. The summed E-state index contributed by atoms with van der Waals surface area (Å²) in [6.07, 6.45) is 3.39. The summed E-state index contributed by atoms with van der Waals surface area (Å²) < 4.78 is 32.9. The van der Waals surface area contributed by atoms with E-state index in [1.165, 1.54) is 4.31 Å². The van der Waals surface area contributed by atoms with Crippen molar-refractivity contribution in [1.82, 2.24) is 24.5 Å². The summed E-state index contributed by atoms with van der Waals surface area (Å²) in [5, 5.41) is 2.85. The molecular weight excluding hydrogens is 442 g/mol. The van der Waals surface area contributed by atoms with Crippen molar-refractivity contribution in [3.8, 4) is 11.5 Å². The molecule has 1 fully saturated rings. The average molecular weight is 470 g/mol. The van der Waals surface area contributed by atoms with Gasteiger partial charge >= 0.3 is 0 Å². The fourth-order valence-corrected chi connectivity index (χ4v) is 5.08. The highest BCUT2D eigenvalue weighted by atomic mass is 32.2. The summed E-state index contributed by atoms with van der Waals surface area (Å²) >= 11 is 0. The van der Waals surface area contributed by atoms with E-state index in [9.17, 15) is 13.2 Å². The Morgan fingerprint density at radius 2 is 1.85 bits per heavy atom. The van der Waals surface area contributed by atoms with Crippen LogP contribution in [-0.2, 0) is 22.3 Å². The number of piperazine rings is 1. The quantitative estimate of drug-likeness (QED) is 0.564. The Bertz CT molecular complexity index is 1200. The van der Waals surface area contributed by atoms with E-state index in [1.54, 1.807) is 43.6 Å². The number of aromatic nitrogens is 2. The topological polar surface area (TPSA) is 109 Å². The van der Waals surface area contributed by atoms with E-state index >= 15 is 0 Å². The Morgan fingerprint density at radius 3 is 2.52 bits per heavy atom. The smallest absolute Gasteiger partial charge is 0.251 e. The molecule has 0 atom stereocenters. The van der Waals surface area contributed by atoms with E-state index in [2.05, 4.69) is 20.2 Å². The van der Waals surface area contributed by atoms with Gasteiger partial charge in [0.25, 0.3) is 5.91 Å². The molecule has 9 nitrogen and oxygen atoms in total. The fourth-order valence-electron chi connectivity index (χ4n) is 3.57. The highest BCUT2D eigenvalue weighted by molar-refractivity contribution is 7.88. The second-order valence-electron chi connectivity index (χ2n) is 8.10. The van der Waals surface area contributed by atoms with Crippen LogP contribution < -0.4 is 5.32 Å². The van der Waals surface area contributed by atoms with Crippen LogP contribution >= 0.6 is 0 Å². The van der Waals surface area contributed by atoms with E-state index < -0.39 is 10.0 Å². The minimum atomic E-state index is -3.47. The van der Waals surface area contributed by atoms with E-state index in [0.717, 1.165) is 5.56 Å². The number of carbonyl (C=O) groups excluding carboxylic acids is 1. The molecule has 1 N–H and O–H groups in total. The van der Waals surface area contributed by atoms with E-state index in [-0.39, 0.29) is 11.7 Å². The van der Waals surface area contributed by atoms with Crippen LogP contribution in [-0.4, -0.2) is 66.7 Å². The molecule has 1 amide bonds. The van der Waals surface area contributed by atoms with Crippen LogP contribution in [0.2, 0.25) is 0 Å². The Labute approximate surface area is 193 Å². The van der Waals surface area contributed by atoms with Crippen molar-refractivity contribution in [3.05, 3.63) is 71.4 Å². The van der Waals surface area contributed by atoms with Gasteiger partial charge in [-0.3, -0.25) is 9.78 Å². The van der Waals surface area contributed by atoms with E-state index in [1.807, 2.05) is 19.2 Å². The lowest BCUT2D eigenvalue weighted by Gasteiger charge is -2.31. The number of rotatable bonds is 7. The number of likely N-dealkylation sites (N-methyl/N-ethyl adjacent to an activating group) is 1. The molecule has 0 bridgehead atoms. The third-order valence-electron chi connectivity index (χ3n) is 5.64. The van der Waals surface area contributed by atoms with Gasteiger partial charge in [0.15, 0.2) is 0 Å². The van der Waals surface area contributed by atoms with Crippen molar-refractivity contribution >= 4 is 15.9 Å². The number of amides is 1. The number of aryl methyl sites for hydroxylation is 1. The predicted octanol–water partition coefficient (Wildman–Crippen LogP) is 2.05. The van der Waals surface area contributed by atoms with Crippen molar-refractivity contribution in [1.29, 1.82) is 0 Å². The largest absolute Gasteiger partial charge is 0.441 e. The summed E-state index contributed by atoms with van der Waals surface area (Å²) in [5.74, 6) is 0.410. The first-order chi connectivity index (χ1) is 15.8. The highest BCUT2D eigenvalue weighted by Gasteiger charge is 2.28. The number of sulfonamides is 1. The molecule has 1 saturated heterocycles. The molecule has 0 radical (unpaired) electrons. The minimum Gasteiger partial charge on any atom is -0.441 e. The first-order valence-electron chi connectivity index (χ1n) is 10.7. The van der Waals surface area contributed by atoms with Crippen molar-refractivity contribution in [2.24, 2.45) is 0 Å². The molecule has 3 aromatic rings. The van der Waals surface area contributed by atoms with Gasteiger partial charge in [-0.15, -0.1) is 0 Å². The molecule has 0 unspecified atom stereocenters. The van der Waals surface area contributed by atoms with Gasteiger partial charge in [-0.1, -0.05) is 6.07 Å². The Kier molecular flexibility index (Phi) is 6.87. The third-order valence-corrected chi connectivity index (χ3v) is 7.43. The molecule has 0 saturated carbocycles. The standard InChI is InChI=1S/C23H27N5O4S/c1-17-21(16-33(30,31)28-12-10-27(2)11-13-28)26-23(32-17)20-7-5-19(6-8-20)22(29)25-15-18-4-3-9-24-14-18/h3-9,14H,10-13,15-16H2,1-2H3,(H,25,29). The number of hydrogen-bond acceptors (Lipinski definition) is 7. The van der Waals surface area contributed by atoms with E-state index in [4.69, 9.17) is 4.42 Å². The number of nitrogens with one attached hydrogen (secondary N) is 1. The molecule has 1 aromatic carbocycles. The highest BCUT2D eigenvalue weighted by Crippen LogP contribution is 2.24. The zero-order valence-corrected chi connectivity index (χ0v) is 19.5. The van der Waals surface area contributed by atoms with Gasteiger partial charge in [-0.2, -0.15) is 4.31 Å². The molecule has 1 aliphatic heterocycles. The Balaban J connectivity index is 1.41. The van der Waals surface area contributed by atoms with Gasteiger partial charge in [0.2, 0.25) is 15.9 Å². The molecule has 0 aliphatic carbocycles. The fraction of sp³-hybridized carbons (Fsp3) is 0.348. The molecule has 1 aliphatic rings. The maximum absolute atomic E-state index is 12.8. The summed E-state index contributed by atoms with van der Waals surface area (Å²) in [5.41, 5.74) is 2.49. The minimum absolute atomic E-state index is 0.194. The van der Waals surface area contributed by atoms with Crippen molar-refractivity contribution in [3.63, 3.8) is 0 Å². The number of pyridine rings is 1. The molecule has 2 aromatic heterocycles. The third kappa shape index (κ3) is 5.65. The van der Waals surface area contributed by atoms with Crippen LogP contribution in [0.4, 0.5) is 0 Å². The second kappa shape index (κ2) is 9.82. The first kappa shape index (κ1) is 23.1. The molecular formula is C23H27N5O4S. The summed E-state index contributed by atoms with van der Waals surface area (Å²) in [7, 11) is -1.49. The van der Waals surface area contributed by atoms with Gasteiger partial charge in [-0.05, 0) is 49.9 Å². The van der Waals surface area contributed by atoms with Gasteiger partial charge in [-0.25, -0.2) is 13.4 Å². The predicted molar refractivity (Wildman–Crippen MR) is 124 cm³/mol.